The summed E-state index contributed by atoms with van der Waals surface area (Å²) in [5.41, 5.74) is 2.74. The van der Waals surface area contributed by atoms with Crippen LogP contribution in [0.3, 0.4) is 0 Å². The predicted molar refractivity (Wildman–Crippen MR) is 50.3 cm³/mol. The number of fused-ring (bicyclic) bond motifs is 5. The van der Waals surface area contributed by atoms with Crippen LogP contribution < -0.4 is 0 Å². The number of aliphatic hydroxyl groups is 1. The molecule has 68 valence electrons. The summed E-state index contributed by atoms with van der Waals surface area (Å²) in [5.74, 6) is 0. The van der Waals surface area contributed by atoms with Gasteiger partial charge in [-0.2, -0.15) is 0 Å². The van der Waals surface area contributed by atoms with E-state index in [1.807, 2.05) is 0 Å². The first-order valence-electron chi connectivity index (χ1n) is 4.78. The number of rotatable bonds is 0. The van der Waals surface area contributed by atoms with Gasteiger partial charge in [0.25, 0.3) is 0 Å². The lowest BCUT2D eigenvalue weighted by Crippen LogP contribution is -2.19. The minimum atomic E-state index is -0.162. The molecule has 0 saturated carbocycles. The standard InChI is InChI=1S/C11H13NO/c1-12-9-6-10(13)11(12)8-5-3-2-4-7(8)9/h2-5,9-11,13H,6H2,1H3/t9-,10+,11-/m0/s1. The van der Waals surface area contributed by atoms with Crippen molar-refractivity contribution in [3.05, 3.63) is 35.4 Å². The molecule has 3 rings (SSSR count). The van der Waals surface area contributed by atoms with Crippen LogP contribution in [0.1, 0.15) is 29.6 Å². The van der Waals surface area contributed by atoms with Crippen molar-refractivity contribution >= 4 is 0 Å². The summed E-state index contributed by atoms with van der Waals surface area (Å²) >= 11 is 0. The van der Waals surface area contributed by atoms with Gasteiger partial charge in [0.1, 0.15) is 0 Å². The third-order valence-electron chi connectivity index (χ3n) is 3.43. The molecule has 0 unspecified atom stereocenters. The van der Waals surface area contributed by atoms with Crippen molar-refractivity contribution in [2.45, 2.75) is 24.6 Å². The highest BCUT2D eigenvalue weighted by Gasteiger charge is 2.46. The van der Waals surface area contributed by atoms with Crippen molar-refractivity contribution in [3.8, 4) is 0 Å². The van der Waals surface area contributed by atoms with Gasteiger partial charge < -0.3 is 5.11 Å². The zero-order valence-corrected chi connectivity index (χ0v) is 7.64. The molecule has 1 aromatic carbocycles. The van der Waals surface area contributed by atoms with Crippen molar-refractivity contribution in [1.29, 1.82) is 0 Å². The van der Waals surface area contributed by atoms with Crippen LogP contribution in [0.5, 0.6) is 0 Å². The highest BCUT2D eigenvalue weighted by Crippen LogP contribution is 2.51. The molecule has 1 N–H and O–H groups in total. The molecule has 2 aliphatic heterocycles. The summed E-state index contributed by atoms with van der Waals surface area (Å²) in [5, 5.41) is 9.79. The fraction of sp³-hybridized carbons (Fsp3) is 0.455. The maximum atomic E-state index is 9.79. The first kappa shape index (κ1) is 7.54. The largest absolute Gasteiger partial charge is 0.391 e. The molecule has 0 radical (unpaired) electrons. The predicted octanol–water partition coefficient (Wildman–Crippen LogP) is 1.48. The van der Waals surface area contributed by atoms with E-state index in [0.29, 0.717) is 6.04 Å². The van der Waals surface area contributed by atoms with E-state index < -0.39 is 0 Å². The van der Waals surface area contributed by atoms with Gasteiger partial charge in [0.15, 0.2) is 0 Å². The number of aliphatic hydroxyl groups excluding tert-OH is 1. The Balaban J connectivity index is 2.18. The lowest BCUT2D eigenvalue weighted by Gasteiger charge is -2.18. The van der Waals surface area contributed by atoms with Gasteiger partial charge in [-0.1, -0.05) is 24.3 Å². The smallest absolute Gasteiger partial charge is 0.0755 e. The number of hydrogen-bond donors (Lipinski definition) is 1. The second kappa shape index (κ2) is 2.34. The maximum Gasteiger partial charge on any atom is 0.0755 e. The van der Waals surface area contributed by atoms with Gasteiger partial charge in [-0.25, -0.2) is 0 Å². The Morgan fingerprint density at radius 2 is 2.00 bits per heavy atom. The Bertz CT molecular complexity index is 350. The average Bonchev–Trinajstić information content (AvgIpc) is 2.56. The van der Waals surface area contributed by atoms with Crippen molar-refractivity contribution in [2.24, 2.45) is 0 Å². The molecular formula is C11H13NO. The monoisotopic (exact) mass is 175 g/mol. The first-order chi connectivity index (χ1) is 6.29. The van der Waals surface area contributed by atoms with Gasteiger partial charge in [0.05, 0.1) is 12.1 Å². The van der Waals surface area contributed by atoms with E-state index in [1.165, 1.54) is 11.1 Å². The molecule has 3 atom stereocenters. The Morgan fingerprint density at radius 3 is 2.77 bits per heavy atom. The van der Waals surface area contributed by atoms with Crippen molar-refractivity contribution in [2.75, 3.05) is 7.05 Å². The molecular weight excluding hydrogens is 162 g/mol. The minimum absolute atomic E-state index is 0.162. The lowest BCUT2D eigenvalue weighted by atomic mass is 9.90. The molecule has 2 heteroatoms. The number of hydrogen-bond acceptors (Lipinski definition) is 2. The van der Waals surface area contributed by atoms with E-state index in [4.69, 9.17) is 0 Å². The molecule has 2 bridgehead atoms. The Morgan fingerprint density at radius 1 is 1.31 bits per heavy atom. The van der Waals surface area contributed by atoms with Gasteiger partial charge in [0.2, 0.25) is 0 Å². The summed E-state index contributed by atoms with van der Waals surface area (Å²) in [6, 6.07) is 9.17. The van der Waals surface area contributed by atoms with E-state index in [9.17, 15) is 5.11 Å². The van der Waals surface area contributed by atoms with Crippen molar-refractivity contribution in [3.63, 3.8) is 0 Å². The van der Waals surface area contributed by atoms with Crippen molar-refractivity contribution in [1.82, 2.24) is 4.90 Å². The number of likely N-dealkylation sites (N-methyl/N-ethyl adjacent to an activating group) is 1. The summed E-state index contributed by atoms with van der Waals surface area (Å²) in [4.78, 5) is 2.29. The molecule has 2 heterocycles. The molecule has 0 amide bonds. The Labute approximate surface area is 77.8 Å². The Kier molecular flexibility index (Phi) is 1.35. The minimum Gasteiger partial charge on any atom is -0.391 e. The molecule has 2 aliphatic rings. The molecule has 2 nitrogen and oxygen atoms in total. The third kappa shape index (κ3) is 0.798. The van der Waals surface area contributed by atoms with E-state index >= 15 is 0 Å². The van der Waals surface area contributed by atoms with Crippen molar-refractivity contribution < 1.29 is 5.11 Å². The van der Waals surface area contributed by atoms with Crippen LogP contribution in [0.4, 0.5) is 0 Å². The first-order valence-corrected chi connectivity index (χ1v) is 4.78. The van der Waals surface area contributed by atoms with Crippen LogP contribution in [0.25, 0.3) is 0 Å². The van der Waals surface area contributed by atoms with Crippen LogP contribution >= 0.6 is 0 Å². The molecule has 0 spiro atoms. The highest BCUT2D eigenvalue weighted by atomic mass is 16.3. The quantitative estimate of drug-likeness (QED) is 0.645. The molecule has 0 aliphatic carbocycles. The topological polar surface area (TPSA) is 23.5 Å². The zero-order chi connectivity index (χ0) is 9.00. The second-order valence-corrected chi connectivity index (χ2v) is 4.06. The van der Waals surface area contributed by atoms with Crippen LogP contribution in [-0.4, -0.2) is 23.2 Å². The maximum absolute atomic E-state index is 9.79. The summed E-state index contributed by atoms with van der Waals surface area (Å²) in [7, 11) is 2.10. The van der Waals surface area contributed by atoms with Gasteiger partial charge >= 0.3 is 0 Å². The van der Waals surface area contributed by atoms with Crippen LogP contribution in [0.2, 0.25) is 0 Å². The molecule has 13 heavy (non-hydrogen) atoms. The molecule has 1 saturated heterocycles. The highest BCUT2D eigenvalue weighted by molar-refractivity contribution is 5.41. The van der Waals surface area contributed by atoms with Gasteiger partial charge in [-0.15, -0.1) is 0 Å². The van der Waals surface area contributed by atoms with Crippen LogP contribution in [0, 0.1) is 0 Å². The lowest BCUT2D eigenvalue weighted by molar-refractivity contribution is 0.130. The summed E-state index contributed by atoms with van der Waals surface area (Å²) in [6.45, 7) is 0. The van der Waals surface area contributed by atoms with E-state index in [-0.39, 0.29) is 12.1 Å². The fourth-order valence-electron chi connectivity index (χ4n) is 2.85. The molecule has 0 aromatic heterocycles. The number of benzene rings is 1. The van der Waals surface area contributed by atoms with E-state index in [0.717, 1.165) is 6.42 Å². The van der Waals surface area contributed by atoms with E-state index in [2.05, 4.69) is 36.2 Å². The fourth-order valence-corrected chi connectivity index (χ4v) is 2.85. The SMILES string of the molecule is CN1[C@H]2C[C@@H](O)[C@@H]1c1ccccc12. The normalized spacial score (nSPS) is 36.6. The third-order valence-corrected chi connectivity index (χ3v) is 3.43. The second-order valence-electron chi connectivity index (χ2n) is 4.06. The van der Waals surface area contributed by atoms with Gasteiger partial charge in [-0.05, 0) is 24.6 Å². The Hall–Kier alpha value is -0.860. The van der Waals surface area contributed by atoms with E-state index in [1.54, 1.807) is 0 Å². The molecule has 1 fully saturated rings. The summed E-state index contributed by atoms with van der Waals surface area (Å²) < 4.78 is 0. The van der Waals surface area contributed by atoms with Gasteiger partial charge in [-0.3, -0.25) is 4.90 Å². The number of nitrogens with zero attached hydrogens (tertiary/aromatic N) is 1. The summed E-state index contributed by atoms with van der Waals surface area (Å²) in [6.07, 6.45) is 0.739. The van der Waals surface area contributed by atoms with Gasteiger partial charge in [0, 0.05) is 6.04 Å². The van der Waals surface area contributed by atoms with Crippen LogP contribution in [-0.2, 0) is 0 Å². The van der Waals surface area contributed by atoms with Crippen LogP contribution in [0.15, 0.2) is 24.3 Å². The molecule has 1 aromatic rings. The zero-order valence-electron chi connectivity index (χ0n) is 7.64. The average molecular weight is 175 g/mol.